The Kier molecular flexibility index (Phi) is 3.12. The van der Waals surface area contributed by atoms with Crippen LogP contribution >= 0.6 is 15.9 Å². The monoisotopic (exact) mass is 312 g/mol. The van der Waals surface area contributed by atoms with Gasteiger partial charge in [-0.05, 0) is 52.0 Å². The van der Waals surface area contributed by atoms with E-state index in [1.807, 2.05) is 24.3 Å². The van der Waals surface area contributed by atoms with Crippen LogP contribution < -0.4 is 0 Å². The molecule has 3 rings (SSSR count). The molecule has 1 aromatic carbocycles. The van der Waals surface area contributed by atoms with Crippen molar-refractivity contribution in [3.8, 4) is 6.07 Å². The molecule has 0 aliphatic heterocycles. The fourth-order valence-corrected chi connectivity index (χ4v) is 3.08. The zero-order valence-electron chi connectivity index (χ0n) is 10.4. The molecule has 1 unspecified atom stereocenters. The van der Waals surface area contributed by atoms with Crippen molar-refractivity contribution >= 4 is 15.9 Å². The SMILES string of the molecule is N#CC1(Cc2ccc(Br)cn2)CCc2ccccc21. The lowest BCUT2D eigenvalue weighted by Gasteiger charge is -2.21. The lowest BCUT2D eigenvalue weighted by Crippen LogP contribution is -2.24. The van der Waals surface area contributed by atoms with Crippen LogP contribution in [0.2, 0.25) is 0 Å². The predicted molar refractivity (Wildman–Crippen MR) is 77.7 cm³/mol. The maximum Gasteiger partial charge on any atom is 0.0883 e. The minimum absolute atomic E-state index is 0.405. The van der Waals surface area contributed by atoms with Crippen LogP contribution in [0.5, 0.6) is 0 Å². The summed E-state index contributed by atoms with van der Waals surface area (Å²) in [7, 11) is 0. The molecule has 0 saturated heterocycles. The van der Waals surface area contributed by atoms with E-state index in [2.05, 4.69) is 39.1 Å². The zero-order valence-corrected chi connectivity index (χ0v) is 12.0. The Morgan fingerprint density at radius 2 is 2.11 bits per heavy atom. The van der Waals surface area contributed by atoms with E-state index >= 15 is 0 Å². The van der Waals surface area contributed by atoms with Gasteiger partial charge in [-0.2, -0.15) is 5.26 Å². The molecule has 2 aromatic rings. The van der Waals surface area contributed by atoms with E-state index in [0.717, 1.165) is 23.0 Å². The first-order chi connectivity index (χ1) is 9.23. The molecule has 19 heavy (non-hydrogen) atoms. The molecule has 0 saturated carbocycles. The highest BCUT2D eigenvalue weighted by atomic mass is 79.9. The van der Waals surface area contributed by atoms with E-state index in [9.17, 15) is 5.26 Å². The lowest BCUT2D eigenvalue weighted by molar-refractivity contribution is 0.534. The van der Waals surface area contributed by atoms with E-state index < -0.39 is 5.41 Å². The Morgan fingerprint density at radius 1 is 1.26 bits per heavy atom. The third kappa shape index (κ3) is 2.17. The third-order valence-electron chi connectivity index (χ3n) is 3.84. The van der Waals surface area contributed by atoms with Crippen LogP contribution in [0.1, 0.15) is 23.2 Å². The van der Waals surface area contributed by atoms with Gasteiger partial charge >= 0.3 is 0 Å². The highest BCUT2D eigenvalue weighted by Gasteiger charge is 2.39. The normalized spacial score (nSPS) is 20.8. The quantitative estimate of drug-likeness (QED) is 0.845. The van der Waals surface area contributed by atoms with Crippen molar-refractivity contribution in [3.63, 3.8) is 0 Å². The van der Waals surface area contributed by atoms with Gasteiger partial charge in [0.2, 0.25) is 0 Å². The van der Waals surface area contributed by atoms with Crippen LogP contribution in [-0.2, 0) is 18.3 Å². The van der Waals surface area contributed by atoms with Crippen molar-refractivity contribution in [3.05, 3.63) is 63.9 Å². The third-order valence-corrected chi connectivity index (χ3v) is 4.31. The molecule has 1 aromatic heterocycles. The fourth-order valence-electron chi connectivity index (χ4n) is 2.85. The van der Waals surface area contributed by atoms with Gasteiger partial charge in [0.25, 0.3) is 0 Å². The van der Waals surface area contributed by atoms with Gasteiger partial charge in [-0.25, -0.2) is 0 Å². The number of hydrogen-bond acceptors (Lipinski definition) is 2. The van der Waals surface area contributed by atoms with Crippen LogP contribution in [0.4, 0.5) is 0 Å². The molecule has 3 heteroatoms. The Labute approximate surface area is 121 Å². The largest absolute Gasteiger partial charge is 0.260 e. The Bertz CT molecular complexity index is 643. The van der Waals surface area contributed by atoms with Gasteiger partial charge in [0.15, 0.2) is 0 Å². The van der Waals surface area contributed by atoms with Gasteiger partial charge in [0.1, 0.15) is 0 Å². The molecule has 0 radical (unpaired) electrons. The summed E-state index contributed by atoms with van der Waals surface area (Å²) in [5.74, 6) is 0. The molecular weight excluding hydrogens is 300 g/mol. The number of aryl methyl sites for hydroxylation is 1. The molecule has 0 N–H and O–H groups in total. The van der Waals surface area contributed by atoms with Gasteiger partial charge < -0.3 is 0 Å². The number of nitriles is 1. The summed E-state index contributed by atoms with van der Waals surface area (Å²) in [4.78, 5) is 4.41. The van der Waals surface area contributed by atoms with Crippen LogP contribution in [-0.4, -0.2) is 4.98 Å². The lowest BCUT2D eigenvalue weighted by atomic mass is 9.79. The molecular formula is C16H13BrN2. The summed E-state index contributed by atoms with van der Waals surface area (Å²) in [6.45, 7) is 0. The smallest absolute Gasteiger partial charge is 0.0883 e. The van der Waals surface area contributed by atoms with Crippen LogP contribution in [0.25, 0.3) is 0 Å². The van der Waals surface area contributed by atoms with Gasteiger partial charge in [0, 0.05) is 22.8 Å². The number of nitrogens with zero attached hydrogens (tertiary/aromatic N) is 2. The van der Waals surface area contributed by atoms with E-state index in [0.29, 0.717) is 6.42 Å². The highest BCUT2D eigenvalue weighted by Crippen LogP contribution is 2.40. The summed E-state index contributed by atoms with van der Waals surface area (Å²) in [5.41, 5.74) is 3.06. The van der Waals surface area contributed by atoms with Gasteiger partial charge in [-0.15, -0.1) is 0 Å². The number of hydrogen-bond donors (Lipinski definition) is 0. The van der Waals surface area contributed by atoms with Crippen molar-refractivity contribution < 1.29 is 0 Å². The second-order valence-corrected chi connectivity index (χ2v) is 5.91. The first kappa shape index (κ1) is 12.4. The second kappa shape index (κ2) is 4.79. The average Bonchev–Trinajstić information content (AvgIpc) is 2.81. The average molecular weight is 313 g/mol. The van der Waals surface area contributed by atoms with Gasteiger partial charge in [-0.3, -0.25) is 4.98 Å². The molecule has 0 spiro atoms. The molecule has 1 atom stereocenters. The molecule has 94 valence electrons. The molecule has 0 amide bonds. The summed E-state index contributed by atoms with van der Waals surface area (Å²) in [6, 6.07) is 14.8. The maximum atomic E-state index is 9.69. The zero-order chi connectivity index (χ0) is 13.3. The molecule has 1 heterocycles. The highest BCUT2D eigenvalue weighted by molar-refractivity contribution is 9.10. The second-order valence-electron chi connectivity index (χ2n) is 5.00. The standard InChI is InChI=1S/C16H13BrN2/c17-13-5-6-14(19-10-13)9-16(11-18)8-7-12-3-1-2-4-15(12)16/h1-6,10H,7-9H2. The van der Waals surface area contributed by atoms with Crippen molar-refractivity contribution in [2.24, 2.45) is 0 Å². The van der Waals surface area contributed by atoms with Crippen LogP contribution in [0.3, 0.4) is 0 Å². The first-order valence-electron chi connectivity index (χ1n) is 6.34. The Morgan fingerprint density at radius 3 is 2.84 bits per heavy atom. The summed E-state index contributed by atoms with van der Waals surface area (Å²) < 4.78 is 0.967. The first-order valence-corrected chi connectivity index (χ1v) is 7.13. The van der Waals surface area contributed by atoms with Crippen LogP contribution in [0.15, 0.2) is 47.1 Å². The van der Waals surface area contributed by atoms with Crippen LogP contribution in [0, 0.1) is 11.3 Å². The molecule has 0 bridgehead atoms. The minimum Gasteiger partial charge on any atom is -0.260 e. The van der Waals surface area contributed by atoms with Crippen molar-refractivity contribution in [1.82, 2.24) is 4.98 Å². The van der Waals surface area contributed by atoms with E-state index in [1.54, 1.807) is 6.20 Å². The van der Waals surface area contributed by atoms with E-state index in [1.165, 1.54) is 11.1 Å². The van der Waals surface area contributed by atoms with Crippen molar-refractivity contribution in [2.45, 2.75) is 24.7 Å². The maximum absolute atomic E-state index is 9.69. The Hall–Kier alpha value is -1.66. The fraction of sp³-hybridized carbons (Fsp3) is 0.250. The predicted octanol–water partition coefficient (Wildman–Crippen LogP) is 3.79. The van der Waals surface area contributed by atoms with E-state index in [4.69, 9.17) is 0 Å². The Balaban J connectivity index is 1.98. The topological polar surface area (TPSA) is 36.7 Å². The number of aromatic nitrogens is 1. The summed E-state index contributed by atoms with van der Waals surface area (Å²) >= 11 is 3.39. The number of rotatable bonds is 2. The van der Waals surface area contributed by atoms with Crippen molar-refractivity contribution in [2.75, 3.05) is 0 Å². The summed E-state index contributed by atoms with van der Waals surface area (Å²) in [5, 5.41) is 9.69. The number of benzene rings is 1. The molecule has 1 aliphatic rings. The minimum atomic E-state index is -0.405. The molecule has 2 nitrogen and oxygen atoms in total. The molecule has 0 fully saturated rings. The summed E-state index contributed by atoms with van der Waals surface area (Å²) in [6.07, 6.45) is 4.36. The van der Waals surface area contributed by atoms with Gasteiger partial charge in [0.05, 0.1) is 11.5 Å². The number of pyridine rings is 1. The van der Waals surface area contributed by atoms with E-state index in [-0.39, 0.29) is 0 Å². The number of halogens is 1. The van der Waals surface area contributed by atoms with Crippen molar-refractivity contribution in [1.29, 1.82) is 5.26 Å². The molecule has 1 aliphatic carbocycles. The number of fused-ring (bicyclic) bond motifs is 1. The van der Waals surface area contributed by atoms with Gasteiger partial charge in [-0.1, -0.05) is 24.3 Å².